The molecule has 2 heterocycles. The third kappa shape index (κ3) is 21.6. The number of imidazole rings is 1. The Morgan fingerprint density at radius 3 is 1.61 bits per heavy atom. The molecule has 0 bridgehead atoms. The second-order valence-corrected chi connectivity index (χ2v) is 18.1. The Morgan fingerprint density at radius 2 is 1.16 bits per heavy atom. The van der Waals surface area contributed by atoms with Crippen molar-refractivity contribution in [2.24, 2.45) is 18.9 Å². The van der Waals surface area contributed by atoms with E-state index >= 15 is 0 Å². The van der Waals surface area contributed by atoms with E-state index in [1.165, 1.54) is 54.6 Å². The number of amides is 2. The van der Waals surface area contributed by atoms with Crippen LogP contribution >= 0.6 is 0 Å². The fourth-order valence-electron chi connectivity index (χ4n) is 5.58. The minimum absolute atomic E-state index is 0.0160. The van der Waals surface area contributed by atoms with E-state index in [0.29, 0.717) is 11.3 Å². The number of benzene rings is 2. The summed E-state index contributed by atoms with van der Waals surface area (Å²) in [5.41, 5.74) is 3.31. The van der Waals surface area contributed by atoms with Gasteiger partial charge in [-0.25, -0.2) is 14.2 Å². The lowest BCUT2D eigenvalue weighted by molar-refractivity contribution is -0.122. The number of unbranched alkanes of at least 4 members (excludes halogenated alkanes) is 4. The summed E-state index contributed by atoms with van der Waals surface area (Å²) >= 11 is 0. The predicted octanol–water partition coefficient (Wildman–Crippen LogP) is 7.19. The van der Waals surface area contributed by atoms with E-state index in [1.54, 1.807) is 0 Å². The van der Waals surface area contributed by atoms with Crippen LogP contribution in [-0.2, 0) is 24.7 Å². The van der Waals surface area contributed by atoms with Crippen LogP contribution in [0.4, 0.5) is 0 Å². The zero-order chi connectivity index (χ0) is 47.0. The lowest BCUT2D eigenvalue weighted by Crippen LogP contribution is -2.41. The largest absolute Gasteiger partial charge is 0.352 e. The van der Waals surface area contributed by atoms with Gasteiger partial charge in [-0.2, -0.15) is 4.68 Å². The molecule has 4 aromatic rings. The van der Waals surface area contributed by atoms with Crippen LogP contribution in [0.2, 0.25) is 0 Å². The third-order valence-corrected chi connectivity index (χ3v) is 9.17. The molecule has 2 aromatic heterocycles. The molecule has 0 saturated heterocycles. The van der Waals surface area contributed by atoms with Crippen molar-refractivity contribution in [2.75, 3.05) is 27.2 Å². The van der Waals surface area contributed by atoms with Gasteiger partial charge in [0.2, 0.25) is 0 Å². The fraction of sp³-hybridized carbons (Fsp3) is 0.583. The molecular weight excluding hydrogens is 783 g/mol. The van der Waals surface area contributed by atoms with Crippen molar-refractivity contribution in [1.82, 2.24) is 45.6 Å². The monoisotopic (exact) mass is 860 g/mol. The number of aromatic nitrogens is 5. The number of rotatable bonds is 17. The summed E-state index contributed by atoms with van der Waals surface area (Å²) < 4.78 is 2.25. The van der Waals surface area contributed by atoms with Crippen LogP contribution in [-0.4, -0.2) is 86.0 Å². The Kier molecular flexibility index (Phi) is 24.6. The molecule has 2 amide bonds. The summed E-state index contributed by atoms with van der Waals surface area (Å²) in [6.07, 6.45) is 10.3. The Hall–Kier alpha value is -5.08. The highest BCUT2D eigenvalue weighted by Gasteiger charge is 2.21. The predicted molar refractivity (Wildman–Crippen MR) is 251 cm³/mol. The molecule has 0 atom stereocenters. The van der Waals surface area contributed by atoms with E-state index in [0.717, 1.165) is 49.0 Å². The van der Waals surface area contributed by atoms with E-state index in [9.17, 15) is 24.0 Å². The highest BCUT2D eigenvalue weighted by Crippen LogP contribution is 2.12. The number of carbonyl (C=O) groups excluding carboxylic acids is 4. The number of nitrogens with one attached hydrogen (secondary N) is 4. The fourth-order valence-corrected chi connectivity index (χ4v) is 5.58. The average molecular weight is 860 g/mol. The Bertz CT molecular complexity index is 2000. The molecule has 4 rings (SSSR count). The van der Waals surface area contributed by atoms with Crippen molar-refractivity contribution < 1.29 is 19.2 Å². The number of likely N-dealkylation sites (N-methyl/N-ethyl adjacent to an activating group) is 2. The molecule has 62 heavy (non-hydrogen) atoms. The van der Waals surface area contributed by atoms with Crippen LogP contribution in [0.1, 0.15) is 157 Å². The van der Waals surface area contributed by atoms with Gasteiger partial charge in [0.1, 0.15) is 12.1 Å². The third-order valence-electron chi connectivity index (χ3n) is 9.17. The standard InChI is InChI=1S/C14H22N2O.C13H19NO.C11H22O.C10H14N6O2/c1-14(2,3)16-13(17)12-7-5-11(6-8-12)9-10-15-4;1-10(2)13(15)12-6-4-11(5-7-12)8-9-14-3;1-4-5-6-7-8-9-11(12)10(2)3;1-10(2,3)12-8(17)6-7-13-14-15(4)9(18)16(7)5-11-6/h5-8,15H,9-10H2,1-4H3,(H,16,17);4-7,10,14H,8-9H2,1-3H3;10H,4-9H2,1-3H3;5H,1-4H3,(H,12,17). The summed E-state index contributed by atoms with van der Waals surface area (Å²) in [6, 6.07) is 15.7. The normalized spacial score (nSPS) is 11.2. The van der Waals surface area contributed by atoms with Crippen LogP contribution in [0.15, 0.2) is 59.7 Å². The van der Waals surface area contributed by atoms with E-state index in [1.807, 2.05) is 132 Å². The van der Waals surface area contributed by atoms with Crippen LogP contribution in [0.3, 0.4) is 0 Å². The van der Waals surface area contributed by atoms with Gasteiger partial charge in [-0.1, -0.05) is 102 Å². The maximum atomic E-state index is 12.0. The molecule has 0 saturated carbocycles. The number of hydrogen-bond acceptors (Lipinski definition) is 10. The first-order valence-corrected chi connectivity index (χ1v) is 22.0. The molecule has 0 aliphatic rings. The molecule has 0 fully saturated rings. The number of nitrogens with zero attached hydrogens (tertiary/aromatic N) is 5. The number of fused-ring (bicyclic) bond motifs is 1. The smallest absolute Gasteiger partial charge is 0.347 e. The summed E-state index contributed by atoms with van der Waals surface area (Å²) in [5.74, 6) is 0.552. The molecule has 0 aliphatic carbocycles. The quantitative estimate of drug-likeness (QED) is 0.0627. The van der Waals surface area contributed by atoms with Gasteiger partial charge in [-0.15, -0.1) is 5.10 Å². The number of aryl methyl sites for hydroxylation is 1. The van der Waals surface area contributed by atoms with Gasteiger partial charge in [0.05, 0.1) is 0 Å². The van der Waals surface area contributed by atoms with Crippen molar-refractivity contribution in [1.29, 1.82) is 0 Å². The second kappa shape index (κ2) is 27.8. The van der Waals surface area contributed by atoms with Crippen molar-refractivity contribution in [3.63, 3.8) is 0 Å². The van der Waals surface area contributed by atoms with E-state index in [4.69, 9.17) is 0 Å². The van der Waals surface area contributed by atoms with Crippen LogP contribution < -0.4 is 27.0 Å². The van der Waals surface area contributed by atoms with Crippen LogP contribution in [0.25, 0.3) is 5.65 Å². The SMILES string of the molecule is CCCCCCCC(=O)C(C)C.CNCCc1ccc(C(=O)C(C)C)cc1.CNCCc1ccc(C(=O)NC(C)(C)C)cc1.Cn1nnc2c(C(=O)NC(C)(C)C)ncn2c1=O. The van der Waals surface area contributed by atoms with E-state index in [-0.39, 0.29) is 51.9 Å². The summed E-state index contributed by atoms with van der Waals surface area (Å²) in [7, 11) is 5.35. The molecule has 0 unspecified atom stereocenters. The van der Waals surface area contributed by atoms with E-state index in [2.05, 4.69) is 43.5 Å². The van der Waals surface area contributed by atoms with Crippen molar-refractivity contribution >= 4 is 29.0 Å². The highest BCUT2D eigenvalue weighted by molar-refractivity contribution is 5.98. The first kappa shape index (κ1) is 54.9. The maximum Gasteiger partial charge on any atom is 0.352 e. The maximum absolute atomic E-state index is 12.0. The summed E-state index contributed by atoms with van der Waals surface area (Å²) in [5, 5.41) is 19.4. The number of Topliss-reactive ketones (excluding diaryl/α,β-unsaturated/α-hetero) is 2. The van der Waals surface area contributed by atoms with E-state index < -0.39 is 5.69 Å². The molecule has 4 N–H and O–H groups in total. The molecule has 0 aliphatic heterocycles. The summed E-state index contributed by atoms with van der Waals surface area (Å²) in [4.78, 5) is 62.3. The van der Waals surface area contributed by atoms with Gasteiger partial charge in [-0.05, 0) is 111 Å². The second-order valence-electron chi connectivity index (χ2n) is 18.1. The molecule has 2 aromatic carbocycles. The molecule has 0 spiro atoms. The van der Waals surface area contributed by atoms with Crippen molar-refractivity contribution in [2.45, 2.75) is 139 Å². The Labute approximate surface area is 370 Å². The van der Waals surface area contributed by atoms with Crippen molar-refractivity contribution in [3.05, 3.63) is 93.3 Å². The minimum Gasteiger partial charge on any atom is -0.347 e. The minimum atomic E-state index is -0.401. The lowest BCUT2D eigenvalue weighted by atomic mass is 9.99. The van der Waals surface area contributed by atoms with Crippen LogP contribution in [0.5, 0.6) is 0 Å². The summed E-state index contributed by atoms with van der Waals surface area (Å²) in [6.45, 7) is 23.4. The highest BCUT2D eigenvalue weighted by atomic mass is 16.2. The Balaban J connectivity index is 0.000000418. The Morgan fingerprint density at radius 1 is 0.677 bits per heavy atom. The molecular formula is C48H77N9O5. The van der Waals surface area contributed by atoms with Gasteiger partial charge >= 0.3 is 5.69 Å². The molecule has 14 heteroatoms. The van der Waals surface area contributed by atoms with Gasteiger partial charge in [0.25, 0.3) is 11.8 Å². The first-order chi connectivity index (χ1) is 29.0. The van der Waals surface area contributed by atoms with Crippen LogP contribution in [0, 0.1) is 11.8 Å². The molecule has 14 nitrogen and oxygen atoms in total. The van der Waals surface area contributed by atoms with Gasteiger partial charge in [0.15, 0.2) is 17.1 Å². The number of carbonyl (C=O) groups is 4. The average Bonchev–Trinajstić information content (AvgIpc) is 3.65. The zero-order valence-corrected chi connectivity index (χ0v) is 40.2. The topological polar surface area (TPSA) is 181 Å². The van der Waals surface area contributed by atoms with Gasteiger partial charge in [0, 0.05) is 47.5 Å². The number of hydrogen-bond donors (Lipinski definition) is 4. The molecule has 344 valence electrons. The van der Waals surface area contributed by atoms with Gasteiger partial charge in [-0.3, -0.25) is 19.2 Å². The van der Waals surface area contributed by atoms with Crippen molar-refractivity contribution in [3.8, 4) is 0 Å². The molecule has 0 radical (unpaired) electrons. The first-order valence-electron chi connectivity index (χ1n) is 22.0. The van der Waals surface area contributed by atoms with Gasteiger partial charge < -0.3 is 21.3 Å². The lowest BCUT2D eigenvalue weighted by Gasteiger charge is -2.20. The zero-order valence-electron chi connectivity index (χ0n) is 40.2. The number of ketones is 2.